The van der Waals surface area contributed by atoms with Crippen LogP contribution in [0.1, 0.15) is 29.1 Å². The highest BCUT2D eigenvalue weighted by Crippen LogP contribution is 2.30. The summed E-state index contributed by atoms with van der Waals surface area (Å²) < 4.78 is 0. The van der Waals surface area contributed by atoms with Crippen LogP contribution in [-0.4, -0.2) is 61.6 Å². The SMILES string of the molecule is CN1CCC(c2csc(C3CNCCN3C)n2)C1. The second-order valence-corrected chi connectivity index (χ2v) is 6.45. The van der Waals surface area contributed by atoms with Crippen LogP contribution in [0.5, 0.6) is 0 Å². The molecule has 2 unspecified atom stereocenters. The van der Waals surface area contributed by atoms with Gasteiger partial charge in [0.1, 0.15) is 5.01 Å². The number of thiazole rings is 1. The van der Waals surface area contributed by atoms with E-state index in [1.54, 1.807) is 0 Å². The Morgan fingerprint density at radius 3 is 3.00 bits per heavy atom. The zero-order valence-electron chi connectivity index (χ0n) is 11.2. The van der Waals surface area contributed by atoms with Crippen molar-refractivity contribution in [2.24, 2.45) is 0 Å². The fourth-order valence-electron chi connectivity index (χ4n) is 2.90. The van der Waals surface area contributed by atoms with Gasteiger partial charge in [0.25, 0.3) is 0 Å². The predicted octanol–water partition coefficient (Wildman–Crippen LogP) is 1.14. The van der Waals surface area contributed by atoms with Crippen molar-refractivity contribution in [3.8, 4) is 0 Å². The van der Waals surface area contributed by atoms with Crippen molar-refractivity contribution in [2.45, 2.75) is 18.4 Å². The number of aromatic nitrogens is 1. The third-order valence-corrected chi connectivity index (χ3v) is 5.11. The Bertz CT molecular complexity index is 405. The smallest absolute Gasteiger partial charge is 0.111 e. The maximum Gasteiger partial charge on any atom is 0.111 e. The van der Waals surface area contributed by atoms with Crippen molar-refractivity contribution in [3.63, 3.8) is 0 Å². The Morgan fingerprint density at radius 2 is 2.28 bits per heavy atom. The van der Waals surface area contributed by atoms with E-state index in [0.29, 0.717) is 12.0 Å². The Morgan fingerprint density at radius 1 is 1.39 bits per heavy atom. The van der Waals surface area contributed by atoms with Gasteiger partial charge in [-0.25, -0.2) is 4.98 Å². The Hall–Kier alpha value is -0.490. The lowest BCUT2D eigenvalue weighted by Gasteiger charge is -2.31. The molecule has 0 saturated carbocycles. The molecule has 0 radical (unpaired) electrons. The molecule has 0 amide bonds. The highest BCUT2D eigenvalue weighted by molar-refractivity contribution is 7.09. The molecule has 0 aliphatic carbocycles. The molecular weight excluding hydrogens is 244 g/mol. The standard InChI is InChI=1S/C13H22N4S/c1-16-5-3-10(8-16)11-9-18-13(15-11)12-7-14-4-6-17(12)2/h9-10,12,14H,3-8H2,1-2H3. The number of hydrogen-bond donors (Lipinski definition) is 1. The summed E-state index contributed by atoms with van der Waals surface area (Å²) in [5, 5.41) is 7.03. The van der Waals surface area contributed by atoms with Gasteiger partial charge in [0.05, 0.1) is 11.7 Å². The summed E-state index contributed by atoms with van der Waals surface area (Å²) in [6, 6.07) is 0.469. The van der Waals surface area contributed by atoms with Crippen LogP contribution >= 0.6 is 11.3 Å². The van der Waals surface area contributed by atoms with Crippen LogP contribution in [0, 0.1) is 0 Å². The number of piperazine rings is 1. The predicted molar refractivity (Wildman–Crippen MR) is 75.2 cm³/mol. The molecule has 1 aromatic rings. The van der Waals surface area contributed by atoms with Gasteiger partial charge in [-0.15, -0.1) is 11.3 Å². The molecule has 100 valence electrons. The highest BCUT2D eigenvalue weighted by atomic mass is 32.1. The van der Waals surface area contributed by atoms with E-state index in [2.05, 4.69) is 34.6 Å². The Kier molecular flexibility index (Phi) is 3.66. The molecule has 3 heterocycles. The summed E-state index contributed by atoms with van der Waals surface area (Å²) in [5.74, 6) is 0.654. The van der Waals surface area contributed by atoms with Crippen LogP contribution in [0.3, 0.4) is 0 Å². The van der Waals surface area contributed by atoms with E-state index in [1.807, 2.05) is 11.3 Å². The van der Waals surface area contributed by atoms with Crippen molar-refractivity contribution in [1.29, 1.82) is 0 Å². The normalized spacial score (nSPS) is 31.0. The van der Waals surface area contributed by atoms with E-state index in [-0.39, 0.29) is 0 Å². The third-order valence-electron chi connectivity index (χ3n) is 4.15. The van der Waals surface area contributed by atoms with Crippen LogP contribution in [-0.2, 0) is 0 Å². The molecule has 1 aromatic heterocycles. The zero-order chi connectivity index (χ0) is 12.5. The lowest BCUT2D eigenvalue weighted by Crippen LogP contribution is -2.43. The molecule has 2 aliphatic heterocycles. The molecule has 0 aromatic carbocycles. The topological polar surface area (TPSA) is 31.4 Å². The lowest BCUT2D eigenvalue weighted by molar-refractivity contribution is 0.201. The molecule has 2 aliphatic rings. The number of nitrogens with zero attached hydrogens (tertiary/aromatic N) is 3. The minimum Gasteiger partial charge on any atom is -0.313 e. The first-order valence-corrected chi connectivity index (χ1v) is 7.67. The summed E-state index contributed by atoms with van der Waals surface area (Å²) >= 11 is 1.84. The van der Waals surface area contributed by atoms with Crippen molar-refractivity contribution in [1.82, 2.24) is 20.1 Å². The molecular formula is C13H22N4S. The molecule has 2 atom stereocenters. The van der Waals surface area contributed by atoms with Crippen molar-refractivity contribution < 1.29 is 0 Å². The molecule has 2 fully saturated rings. The number of likely N-dealkylation sites (N-methyl/N-ethyl adjacent to an activating group) is 2. The van der Waals surface area contributed by atoms with Gasteiger partial charge in [0.15, 0.2) is 0 Å². The minimum absolute atomic E-state index is 0.469. The average molecular weight is 266 g/mol. The number of likely N-dealkylation sites (tertiary alicyclic amines) is 1. The number of rotatable bonds is 2. The summed E-state index contributed by atoms with van der Waals surface area (Å²) in [6.07, 6.45) is 1.26. The Labute approximate surface area is 113 Å². The van der Waals surface area contributed by atoms with E-state index in [9.17, 15) is 0 Å². The van der Waals surface area contributed by atoms with E-state index >= 15 is 0 Å². The van der Waals surface area contributed by atoms with Crippen molar-refractivity contribution in [2.75, 3.05) is 46.8 Å². The van der Waals surface area contributed by atoms with Gasteiger partial charge in [-0.05, 0) is 27.1 Å². The van der Waals surface area contributed by atoms with E-state index < -0.39 is 0 Å². The third kappa shape index (κ3) is 2.45. The van der Waals surface area contributed by atoms with Crippen molar-refractivity contribution >= 4 is 11.3 Å². The van der Waals surface area contributed by atoms with E-state index in [0.717, 1.165) is 19.6 Å². The van der Waals surface area contributed by atoms with Gasteiger partial charge in [-0.2, -0.15) is 0 Å². The molecule has 0 bridgehead atoms. The van der Waals surface area contributed by atoms with Crippen LogP contribution in [0.4, 0.5) is 0 Å². The molecule has 18 heavy (non-hydrogen) atoms. The van der Waals surface area contributed by atoms with Crippen LogP contribution < -0.4 is 5.32 Å². The van der Waals surface area contributed by atoms with Gasteiger partial charge in [-0.1, -0.05) is 0 Å². The Balaban J connectivity index is 1.72. The second-order valence-electron chi connectivity index (χ2n) is 5.56. The van der Waals surface area contributed by atoms with E-state index in [1.165, 1.54) is 30.2 Å². The molecule has 3 rings (SSSR count). The zero-order valence-corrected chi connectivity index (χ0v) is 12.0. The van der Waals surface area contributed by atoms with Gasteiger partial charge >= 0.3 is 0 Å². The van der Waals surface area contributed by atoms with Gasteiger partial charge in [0, 0.05) is 37.5 Å². The maximum atomic E-state index is 4.91. The van der Waals surface area contributed by atoms with E-state index in [4.69, 9.17) is 4.98 Å². The number of hydrogen-bond acceptors (Lipinski definition) is 5. The summed E-state index contributed by atoms with van der Waals surface area (Å²) in [6.45, 7) is 5.63. The summed E-state index contributed by atoms with van der Waals surface area (Å²) in [5.41, 5.74) is 1.32. The van der Waals surface area contributed by atoms with Crippen LogP contribution in [0.2, 0.25) is 0 Å². The second kappa shape index (κ2) is 5.25. The molecule has 5 heteroatoms. The van der Waals surface area contributed by atoms with Gasteiger partial charge in [0.2, 0.25) is 0 Å². The first kappa shape index (κ1) is 12.5. The average Bonchev–Trinajstić information content (AvgIpc) is 2.98. The fourth-order valence-corrected chi connectivity index (χ4v) is 3.96. The molecule has 4 nitrogen and oxygen atoms in total. The quantitative estimate of drug-likeness (QED) is 0.870. The largest absolute Gasteiger partial charge is 0.313 e. The fraction of sp³-hybridized carbons (Fsp3) is 0.769. The first-order chi connectivity index (χ1) is 8.74. The van der Waals surface area contributed by atoms with Crippen LogP contribution in [0.15, 0.2) is 5.38 Å². The molecule has 1 N–H and O–H groups in total. The lowest BCUT2D eigenvalue weighted by atomic mass is 10.1. The van der Waals surface area contributed by atoms with Crippen molar-refractivity contribution in [3.05, 3.63) is 16.1 Å². The van der Waals surface area contributed by atoms with Gasteiger partial charge in [-0.3, -0.25) is 4.90 Å². The summed E-state index contributed by atoms with van der Waals surface area (Å²) in [4.78, 5) is 9.73. The minimum atomic E-state index is 0.469. The maximum absolute atomic E-state index is 4.91. The first-order valence-electron chi connectivity index (χ1n) is 6.79. The van der Waals surface area contributed by atoms with Crippen LogP contribution in [0.25, 0.3) is 0 Å². The summed E-state index contributed by atoms with van der Waals surface area (Å²) in [7, 11) is 4.40. The molecule has 2 saturated heterocycles. The molecule has 0 spiro atoms. The highest BCUT2D eigenvalue weighted by Gasteiger charge is 2.27. The monoisotopic (exact) mass is 266 g/mol. The number of nitrogens with one attached hydrogen (secondary N) is 1. The van der Waals surface area contributed by atoms with Gasteiger partial charge < -0.3 is 10.2 Å².